The van der Waals surface area contributed by atoms with Gasteiger partial charge in [-0.15, -0.1) is 0 Å². The lowest BCUT2D eigenvalue weighted by atomic mass is 9.97. The summed E-state index contributed by atoms with van der Waals surface area (Å²) in [6.45, 7) is 4.56. The fraction of sp³-hybridized carbons (Fsp3) is 0.750. The van der Waals surface area contributed by atoms with Crippen LogP contribution in [-0.2, 0) is 11.3 Å². The normalized spacial score (nSPS) is 21.7. The molecular formula is C12H21N3O2. The van der Waals surface area contributed by atoms with Gasteiger partial charge >= 0.3 is 0 Å². The summed E-state index contributed by atoms with van der Waals surface area (Å²) in [6.07, 6.45) is 3.78. The van der Waals surface area contributed by atoms with Crippen molar-refractivity contribution < 1.29 is 9.47 Å². The van der Waals surface area contributed by atoms with E-state index in [2.05, 4.69) is 12.0 Å². The van der Waals surface area contributed by atoms with Crippen LogP contribution in [0.5, 0.6) is 5.75 Å². The number of hydrogen-bond acceptors (Lipinski definition) is 4. The van der Waals surface area contributed by atoms with Crippen molar-refractivity contribution in [2.24, 2.45) is 11.7 Å². The van der Waals surface area contributed by atoms with Crippen LogP contribution in [0.1, 0.15) is 31.5 Å². The number of nitrogens with zero attached hydrogens (tertiary/aromatic N) is 2. The molecule has 0 bridgehead atoms. The molecule has 1 aromatic heterocycles. The molecular weight excluding hydrogens is 218 g/mol. The van der Waals surface area contributed by atoms with Crippen LogP contribution in [0.2, 0.25) is 0 Å². The molecule has 5 nitrogen and oxygen atoms in total. The molecule has 2 atom stereocenters. The van der Waals surface area contributed by atoms with E-state index in [9.17, 15) is 0 Å². The second kappa shape index (κ2) is 5.51. The maximum atomic E-state index is 6.28. The third-order valence-electron chi connectivity index (χ3n) is 3.33. The summed E-state index contributed by atoms with van der Waals surface area (Å²) in [7, 11) is 1.66. The minimum atomic E-state index is -0.0286. The van der Waals surface area contributed by atoms with Crippen molar-refractivity contribution in [3.05, 3.63) is 11.9 Å². The van der Waals surface area contributed by atoms with Crippen LogP contribution < -0.4 is 10.5 Å². The number of aromatic nitrogens is 2. The zero-order valence-corrected chi connectivity index (χ0v) is 10.6. The van der Waals surface area contributed by atoms with E-state index in [0.717, 1.165) is 44.0 Å². The van der Waals surface area contributed by atoms with E-state index in [-0.39, 0.29) is 6.04 Å². The zero-order valence-electron chi connectivity index (χ0n) is 10.6. The maximum Gasteiger partial charge on any atom is 0.161 e. The van der Waals surface area contributed by atoms with Gasteiger partial charge in [-0.1, -0.05) is 0 Å². The molecule has 0 amide bonds. The highest BCUT2D eigenvalue weighted by atomic mass is 16.5. The van der Waals surface area contributed by atoms with Crippen LogP contribution in [0.4, 0.5) is 0 Å². The van der Waals surface area contributed by atoms with Gasteiger partial charge in [0.25, 0.3) is 0 Å². The van der Waals surface area contributed by atoms with E-state index >= 15 is 0 Å². The molecule has 0 aromatic carbocycles. The third kappa shape index (κ3) is 2.61. The quantitative estimate of drug-likeness (QED) is 0.842. The lowest BCUT2D eigenvalue weighted by molar-refractivity contribution is 0.182. The summed E-state index contributed by atoms with van der Waals surface area (Å²) < 4.78 is 12.6. The smallest absolute Gasteiger partial charge is 0.161 e. The van der Waals surface area contributed by atoms with Crippen LogP contribution in [0, 0.1) is 5.92 Å². The average molecular weight is 239 g/mol. The Morgan fingerprint density at radius 3 is 3.12 bits per heavy atom. The van der Waals surface area contributed by atoms with Gasteiger partial charge in [0.1, 0.15) is 0 Å². The molecule has 1 aliphatic rings. The van der Waals surface area contributed by atoms with Gasteiger partial charge in [0.15, 0.2) is 5.75 Å². The second-order valence-electron chi connectivity index (χ2n) is 4.49. The summed E-state index contributed by atoms with van der Waals surface area (Å²) in [6, 6.07) is -0.0286. The Labute approximate surface area is 102 Å². The Bertz CT molecular complexity index is 337. The molecule has 17 heavy (non-hydrogen) atoms. The monoisotopic (exact) mass is 239 g/mol. The number of nitrogens with two attached hydrogens (primary N) is 1. The Hall–Kier alpha value is -1.07. The molecule has 1 saturated heterocycles. The third-order valence-corrected chi connectivity index (χ3v) is 3.33. The van der Waals surface area contributed by atoms with Crippen molar-refractivity contribution in [1.29, 1.82) is 0 Å². The highest BCUT2D eigenvalue weighted by Crippen LogP contribution is 2.30. The van der Waals surface area contributed by atoms with Crippen molar-refractivity contribution in [2.75, 3.05) is 20.3 Å². The molecule has 0 aliphatic carbocycles. The molecule has 0 spiro atoms. The van der Waals surface area contributed by atoms with Crippen LogP contribution >= 0.6 is 0 Å². The van der Waals surface area contributed by atoms with Gasteiger partial charge in [-0.3, -0.25) is 4.68 Å². The first-order valence-corrected chi connectivity index (χ1v) is 6.19. The van der Waals surface area contributed by atoms with E-state index in [1.807, 2.05) is 4.68 Å². The lowest BCUT2D eigenvalue weighted by Crippen LogP contribution is -2.20. The van der Waals surface area contributed by atoms with Crippen LogP contribution in [0.3, 0.4) is 0 Å². The highest BCUT2D eigenvalue weighted by Gasteiger charge is 2.24. The van der Waals surface area contributed by atoms with E-state index in [1.165, 1.54) is 0 Å². The zero-order chi connectivity index (χ0) is 12.3. The number of hydrogen-bond donors (Lipinski definition) is 1. The van der Waals surface area contributed by atoms with Crippen LogP contribution in [-0.4, -0.2) is 30.1 Å². The molecule has 2 heterocycles. The minimum Gasteiger partial charge on any atom is -0.493 e. The van der Waals surface area contributed by atoms with E-state index in [4.69, 9.17) is 15.2 Å². The predicted molar refractivity (Wildman–Crippen MR) is 64.9 cm³/mol. The molecule has 1 fully saturated rings. The van der Waals surface area contributed by atoms with Gasteiger partial charge < -0.3 is 15.2 Å². The van der Waals surface area contributed by atoms with Crippen molar-refractivity contribution in [3.63, 3.8) is 0 Å². The fourth-order valence-electron chi connectivity index (χ4n) is 2.40. The largest absolute Gasteiger partial charge is 0.493 e. The van der Waals surface area contributed by atoms with E-state index in [0.29, 0.717) is 5.92 Å². The highest BCUT2D eigenvalue weighted by molar-refractivity contribution is 5.28. The van der Waals surface area contributed by atoms with E-state index < -0.39 is 0 Å². The van der Waals surface area contributed by atoms with Crippen molar-refractivity contribution in [1.82, 2.24) is 9.78 Å². The Balaban J connectivity index is 2.10. The summed E-state index contributed by atoms with van der Waals surface area (Å²) in [5.41, 5.74) is 7.28. The Morgan fingerprint density at radius 2 is 2.53 bits per heavy atom. The van der Waals surface area contributed by atoms with Gasteiger partial charge in [-0.25, -0.2) is 0 Å². The maximum absolute atomic E-state index is 6.28. The van der Waals surface area contributed by atoms with Gasteiger partial charge in [-0.05, 0) is 25.7 Å². The number of aryl methyl sites for hydroxylation is 1. The first kappa shape index (κ1) is 12.4. The summed E-state index contributed by atoms with van der Waals surface area (Å²) in [4.78, 5) is 0. The second-order valence-corrected chi connectivity index (χ2v) is 4.49. The van der Waals surface area contributed by atoms with Gasteiger partial charge in [0, 0.05) is 19.8 Å². The molecule has 2 rings (SSSR count). The number of methoxy groups -OCH3 is 1. The first-order chi connectivity index (χ1) is 8.26. The predicted octanol–water partition coefficient (Wildman–Crippen LogP) is 1.34. The molecule has 1 aliphatic heterocycles. The summed E-state index contributed by atoms with van der Waals surface area (Å²) in [5.74, 6) is 1.35. The Kier molecular flexibility index (Phi) is 4.02. The van der Waals surface area contributed by atoms with E-state index in [1.54, 1.807) is 13.3 Å². The van der Waals surface area contributed by atoms with Crippen molar-refractivity contribution in [3.8, 4) is 5.75 Å². The molecule has 96 valence electrons. The van der Waals surface area contributed by atoms with Gasteiger partial charge in [0.2, 0.25) is 0 Å². The molecule has 2 unspecified atom stereocenters. The van der Waals surface area contributed by atoms with Crippen molar-refractivity contribution in [2.45, 2.75) is 32.4 Å². The number of rotatable bonds is 5. The summed E-state index contributed by atoms with van der Waals surface area (Å²) >= 11 is 0. The van der Waals surface area contributed by atoms with Crippen LogP contribution in [0.25, 0.3) is 0 Å². The standard InChI is InChI=1S/C12H21N3O2/c1-3-15-12(11(16-2)7-14-15)10(13)6-9-4-5-17-8-9/h7,9-10H,3-6,8,13H2,1-2H3. The topological polar surface area (TPSA) is 62.3 Å². The number of ether oxygens (including phenoxy) is 2. The molecule has 0 radical (unpaired) electrons. The SMILES string of the molecule is CCn1ncc(OC)c1C(N)CC1CCOC1. The van der Waals surface area contributed by atoms with Crippen LogP contribution in [0.15, 0.2) is 6.20 Å². The molecule has 5 heteroatoms. The molecule has 1 aromatic rings. The lowest BCUT2D eigenvalue weighted by Gasteiger charge is -2.17. The first-order valence-electron chi connectivity index (χ1n) is 6.19. The fourth-order valence-corrected chi connectivity index (χ4v) is 2.40. The minimum absolute atomic E-state index is 0.0286. The molecule has 0 saturated carbocycles. The average Bonchev–Trinajstić information content (AvgIpc) is 2.95. The van der Waals surface area contributed by atoms with Gasteiger partial charge in [0.05, 0.1) is 25.0 Å². The van der Waals surface area contributed by atoms with Gasteiger partial charge in [-0.2, -0.15) is 5.10 Å². The summed E-state index contributed by atoms with van der Waals surface area (Å²) in [5, 5.41) is 4.28. The molecule has 2 N–H and O–H groups in total. The van der Waals surface area contributed by atoms with Crippen molar-refractivity contribution >= 4 is 0 Å². The Morgan fingerprint density at radius 1 is 1.71 bits per heavy atom.